The number of phenols is 1. The Kier molecular flexibility index (Phi) is 3.37. The molecule has 5 nitrogen and oxygen atoms in total. The van der Waals surface area contributed by atoms with Crippen LogP contribution in [0, 0.1) is 17.0 Å². The van der Waals surface area contributed by atoms with Crippen molar-refractivity contribution in [1.29, 1.82) is 0 Å². The second-order valence-corrected chi connectivity index (χ2v) is 4.14. The third-order valence-corrected chi connectivity index (χ3v) is 2.91. The lowest BCUT2D eigenvalue weighted by atomic mass is 10.0. The Bertz CT molecular complexity index is 637. The fraction of sp³-hybridized carbons (Fsp3) is 0.143. The highest BCUT2D eigenvalue weighted by atomic mass is 16.6. The molecular formula is C14H13NO4. The number of nitrogens with zero attached hydrogens (tertiary/aromatic N) is 1. The fourth-order valence-corrected chi connectivity index (χ4v) is 1.86. The minimum absolute atomic E-state index is 0.0237. The SMILES string of the molecule is COc1ccc(-c2ccc(O)c(C)c2)c([N+](=O)[O-])c1. The van der Waals surface area contributed by atoms with E-state index in [0.717, 1.165) is 0 Å². The van der Waals surface area contributed by atoms with Crippen LogP contribution in [0.4, 0.5) is 5.69 Å². The molecule has 0 aromatic heterocycles. The van der Waals surface area contributed by atoms with Gasteiger partial charge in [-0.05, 0) is 42.3 Å². The van der Waals surface area contributed by atoms with E-state index in [-0.39, 0.29) is 11.4 Å². The van der Waals surface area contributed by atoms with E-state index in [0.29, 0.717) is 22.4 Å². The van der Waals surface area contributed by atoms with Crippen LogP contribution in [0.5, 0.6) is 11.5 Å². The third-order valence-electron chi connectivity index (χ3n) is 2.91. The van der Waals surface area contributed by atoms with E-state index in [2.05, 4.69) is 0 Å². The lowest BCUT2D eigenvalue weighted by Gasteiger charge is -2.07. The van der Waals surface area contributed by atoms with Gasteiger partial charge < -0.3 is 9.84 Å². The Morgan fingerprint density at radius 3 is 2.53 bits per heavy atom. The highest BCUT2D eigenvalue weighted by molar-refractivity contribution is 5.75. The van der Waals surface area contributed by atoms with Crippen LogP contribution in [0.25, 0.3) is 11.1 Å². The monoisotopic (exact) mass is 259 g/mol. The van der Waals surface area contributed by atoms with Crippen molar-refractivity contribution in [3.8, 4) is 22.6 Å². The number of hydrogen-bond donors (Lipinski definition) is 1. The van der Waals surface area contributed by atoms with E-state index in [9.17, 15) is 15.2 Å². The molecule has 1 N–H and O–H groups in total. The quantitative estimate of drug-likeness (QED) is 0.678. The fourth-order valence-electron chi connectivity index (χ4n) is 1.86. The number of benzene rings is 2. The molecule has 0 bridgehead atoms. The van der Waals surface area contributed by atoms with Crippen molar-refractivity contribution >= 4 is 5.69 Å². The van der Waals surface area contributed by atoms with E-state index in [4.69, 9.17) is 4.74 Å². The van der Waals surface area contributed by atoms with Crippen molar-refractivity contribution in [2.45, 2.75) is 6.92 Å². The molecule has 2 aromatic rings. The summed E-state index contributed by atoms with van der Waals surface area (Å²) in [6.07, 6.45) is 0. The number of aromatic hydroxyl groups is 1. The summed E-state index contributed by atoms with van der Waals surface area (Å²) in [5.74, 6) is 0.603. The van der Waals surface area contributed by atoms with Gasteiger partial charge in [0.2, 0.25) is 0 Å². The summed E-state index contributed by atoms with van der Waals surface area (Å²) >= 11 is 0. The Balaban J connectivity index is 2.60. The molecule has 98 valence electrons. The largest absolute Gasteiger partial charge is 0.508 e. The molecule has 2 aromatic carbocycles. The second kappa shape index (κ2) is 4.97. The van der Waals surface area contributed by atoms with Gasteiger partial charge in [0.05, 0.1) is 23.7 Å². The van der Waals surface area contributed by atoms with Gasteiger partial charge in [-0.3, -0.25) is 10.1 Å². The molecule has 0 aliphatic carbocycles. The molecule has 2 rings (SSSR count). The van der Waals surface area contributed by atoms with E-state index < -0.39 is 4.92 Å². The summed E-state index contributed by atoms with van der Waals surface area (Å²) < 4.78 is 4.99. The molecule has 0 heterocycles. The number of methoxy groups -OCH3 is 1. The highest BCUT2D eigenvalue weighted by Crippen LogP contribution is 2.34. The molecule has 0 saturated heterocycles. The maximum atomic E-state index is 11.1. The van der Waals surface area contributed by atoms with Crippen LogP contribution in [-0.4, -0.2) is 17.1 Å². The number of hydrogen-bond acceptors (Lipinski definition) is 4. The topological polar surface area (TPSA) is 72.6 Å². The number of nitro benzene ring substituents is 1. The summed E-state index contributed by atoms with van der Waals surface area (Å²) in [7, 11) is 1.46. The van der Waals surface area contributed by atoms with Gasteiger partial charge in [0, 0.05) is 0 Å². The highest BCUT2D eigenvalue weighted by Gasteiger charge is 2.17. The molecule has 5 heteroatoms. The van der Waals surface area contributed by atoms with Crippen LogP contribution in [0.2, 0.25) is 0 Å². The lowest BCUT2D eigenvalue weighted by Crippen LogP contribution is -1.94. The average Bonchev–Trinajstić information content (AvgIpc) is 2.41. The molecule has 0 spiro atoms. The number of nitro groups is 1. The maximum absolute atomic E-state index is 11.1. The molecule has 0 aliphatic heterocycles. The molecule has 0 atom stereocenters. The molecule has 0 saturated carbocycles. The van der Waals surface area contributed by atoms with Gasteiger partial charge in [-0.2, -0.15) is 0 Å². The normalized spacial score (nSPS) is 10.2. The van der Waals surface area contributed by atoms with E-state index in [1.54, 1.807) is 31.2 Å². The van der Waals surface area contributed by atoms with Gasteiger partial charge in [0.15, 0.2) is 0 Å². The summed E-state index contributed by atoms with van der Waals surface area (Å²) in [5.41, 5.74) is 1.82. The average molecular weight is 259 g/mol. The zero-order chi connectivity index (χ0) is 14.0. The Labute approximate surface area is 110 Å². The van der Waals surface area contributed by atoms with Crippen LogP contribution in [0.1, 0.15) is 5.56 Å². The lowest BCUT2D eigenvalue weighted by molar-refractivity contribution is -0.384. The van der Waals surface area contributed by atoms with Crippen LogP contribution in [0.15, 0.2) is 36.4 Å². The van der Waals surface area contributed by atoms with Gasteiger partial charge in [-0.25, -0.2) is 0 Å². The standard InChI is InChI=1S/C14H13NO4/c1-9-7-10(3-6-14(9)16)12-5-4-11(19-2)8-13(12)15(17)18/h3-8,16H,1-2H3. The van der Waals surface area contributed by atoms with Gasteiger partial charge in [-0.1, -0.05) is 6.07 Å². The maximum Gasteiger partial charge on any atom is 0.280 e. The van der Waals surface area contributed by atoms with Crippen molar-refractivity contribution in [1.82, 2.24) is 0 Å². The summed E-state index contributed by atoms with van der Waals surface area (Å²) in [6, 6.07) is 9.59. The predicted molar refractivity (Wildman–Crippen MR) is 71.5 cm³/mol. The van der Waals surface area contributed by atoms with Crippen molar-refractivity contribution < 1.29 is 14.8 Å². The van der Waals surface area contributed by atoms with E-state index >= 15 is 0 Å². The van der Waals surface area contributed by atoms with Gasteiger partial charge in [0.25, 0.3) is 5.69 Å². The van der Waals surface area contributed by atoms with Gasteiger partial charge >= 0.3 is 0 Å². The molecule has 0 fully saturated rings. The molecule has 0 amide bonds. The minimum atomic E-state index is -0.444. The van der Waals surface area contributed by atoms with Crippen molar-refractivity contribution in [2.75, 3.05) is 7.11 Å². The molecular weight excluding hydrogens is 246 g/mol. The number of aryl methyl sites for hydroxylation is 1. The van der Waals surface area contributed by atoms with Gasteiger partial charge in [0.1, 0.15) is 11.5 Å². The molecule has 0 unspecified atom stereocenters. The van der Waals surface area contributed by atoms with Gasteiger partial charge in [-0.15, -0.1) is 0 Å². The van der Waals surface area contributed by atoms with Crippen molar-refractivity contribution in [3.63, 3.8) is 0 Å². The Morgan fingerprint density at radius 2 is 1.95 bits per heavy atom. The first-order chi connectivity index (χ1) is 9.02. The van der Waals surface area contributed by atoms with Crippen LogP contribution >= 0.6 is 0 Å². The molecule has 19 heavy (non-hydrogen) atoms. The summed E-state index contributed by atoms with van der Waals surface area (Å²) in [5, 5.41) is 20.6. The zero-order valence-corrected chi connectivity index (χ0v) is 10.6. The Hall–Kier alpha value is -2.56. The first-order valence-electron chi connectivity index (χ1n) is 5.65. The summed E-state index contributed by atoms with van der Waals surface area (Å²) in [6.45, 7) is 1.74. The summed E-state index contributed by atoms with van der Waals surface area (Å²) in [4.78, 5) is 10.7. The van der Waals surface area contributed by atoms with Crippen LogP contribution in [0.3, 0.4) is 0 Å². The number of rotatable bonds is 3. The Morgan fingerprint density at radius 1 is 1.21 bits per heavy atom. The van der Waals surface area contributed by atoms with E-state index in [1.807, 2.05) is 0 Å². The van der Waals surface area contributed by atoms with Crippen molar-refractivity contribution in [2.24, 2.45) is 0 Å². The smallest absolute Gasteiger partial charge is 0.280 e. The molecule has 0 radical (unpaired) electrons. The second-order valence-electron chi connectivity index (χ2n) is 4.14. The van der Waals surface area contributed by atoms with Crippen LogP contribution in [-0.2, 0) is 0 Å². The first kappa shape index (κ1) is 12.9. The van der Waals surface area contributed by atoms with Crippen LogP contribution < -0.4 is 4.74 Å². The number of phenolic OH excluding ortho intramolecular Hbond substituents is 1. The predicted octanol–water partition coefficient (Wildman–Crippen LogP) is 3.28. The minimum Gasteiger partial charge on any atom is -0.508 e. The third kappa shape index (κ3) is 2.49. The zero-order valence-electron chi connectivity index (χ0n) is 10.6. The first-order valence-corrected chi connectivity index (χ1v) is 5.65. The number of ether oxygens (including phenoxy) is 1. The molecule has 0 aliphatic rings. The van der Waals surface area contributed by atoms with E-state index in [1.165, 1.54) is 19.2 Å². The van der Waals surface area contributed by atoms with Crippen molar-refractivity contribution in [3.05, 3.63) is 52.1 Å².